The number of nitrogens with one attached hydrogen (secondary N) is 3. The van der Waals surface area contributed by atoms with Crippen LogP contribution in [0, 0.1) is 5.92 Å². The second kappa shape index (κ2) is 16.6. The van der Waals surface area contributed by atoms with Crippen molar-refractivity contribution < 1.29 is 23.1 Å². The van der Waals surface area contributed by atoms with Gasteiger partial charge in [-0.1, -0.05) is 73.9 Å². The Kier molecular flexibility index (Phi) is 12.6. The molecule has 1 aliphatic carbocycles. The van der Waals surface area contributed by atoms with Crippen LogP contribution in [0.3, 0.4) is 0 Å². The van der Waals surface area contributed by atoms with Crippen molar-refractivity contribution in [1.82, 2.24) is 10.6 Å². The first-order valence-corrected chi connectivity index (χ1v) is 17.9. The lowest BCUT2D eigenvalue weighted by Gasteiger charge is -2.28. The molecule has 10 nitrogen and oxygen atoms in total. The summed E-state index contributed by atoms with van der Waals surface area (Å²) in [4.78, 5) is 25.3. The van der Waals surface area contributed by atoms with Crippen LogP contribution in [0.4, 0.5) is 17.1 Å². The van der Waals surface area contributed by atoms with E-state index >= 15 is 0 Å². The molecule has 0 unspecified atom stereocenters. The van der Waals surface area contributed by atoms with E-state index in [1.54, 1.807) is 42.5 Å². The van der Waals surface area contributed by atoms with Gasteiger partial charge in [0.05, 0.1) is 41.0 Å². The van der Waals surface area contributed by atoms with E-state index in [1.165, 1.54) is 12.5 Å². The van der Waals surface area contributed by atoms with E-state index in [0.29, 0.717) is 30.8 Å². The molecule has 0 bridgehead atoms. The monoisotopic (exact) mass is 649 g/mol. The molecule has 6 N–H and O–H groups in total. The molecular formula is C35H47N5O5S. The van der Waals surface area contributed by atoms with E-state index in [-0.39, 0.29) is 35.7 Å². The van der Waals surface area contributed by atoms with E-state index < -0.39 is 28.1 Å². The lowest BCUT2D eigenvalue weighted by atomic mass is 9.90. The summed E-state index contributed by atoms with van der Waals surface area (Å²) >= 11 is 0. The van der Waals surface area contributed by atoms with Crippen molar-refractivity contribution in [3.63, 3.8) is 0 Å². The van der Waals surface area contributed by atoms with Gasteiger partial charge in [0.2, 0.25) is 15.9 Å². The number of hydrogen-bond donors (Lipinski definition) is 5. The fourth-order valence-electron chi connectivity index (χ4n) is 6.02. The van der Waals surface area contributed by atoms with Crippen LogP contribution in [-0.2, 0) is 21.2 Å². The van der Waals surface area contributed by atoms with E-state index in [0.717, 1.165) is 41.8 Å². The van der Waals surface area contributed by atoms with E-state index in [1.807, 2.05) is 37.3 Å². The van der Waals surface area contributed by atoms with Gasteiger partial charge >= 0.3 is 0 Å². The van der Waals surface area contributed by atoms with Crippen molar-refractivity contribution in [2.24, 2.45) is 11.7 Å². The molecule has 0 aliphatic heterocycles. The molecule has 1 fully saturated rings. The van der Waals surface area contributed by atoms with Gasteiger partial charge in [0, 0.05) is 19.1 Å². The number of anilines is 3. The number of carbonyl (C=O) groups is 2. The molecule has 11 heteroatoms. The number of primary amides is 1. The summed E-state index contributed by atoms with van der Waals surface area (Å²) in [7, 11) is -3.87. The van der Waals surface area contributed by atoms with Crippen molar-refractivity contribution in [1.29, 1.82) is 0 Å². The fourth-order valence-corrected chi connectivity index (χ4v) is 7.06. The van der Waals surface area contributed by atoms with Crippen molar-refractivity contribution in [2.45, 2.75) is 70.1 Å². The van der Waals surface area contributed by atoms with Gasteiger partial charge in [0.25, 0.3) is 5.91 Å². The third kappa shape index (κ3) is 9.78. The number of benzene rings is 3. The minimum Gasteiger partial charge on any atom is -0.392 e. The zero-order valence-electron chi connectivity index (χ0n) is 26.7. The Morgan fingerprint density at radius 3 is 2.24 bits per heavy atom. The molecule has 4 rings (SSSR count). The van der Waals surface area contributed by atoms with Gasteiger partial charge in [-0.25, -0.2) is 12.7 Å². The Hall–Kier alpha value is -3.93. The zero-order chi connectivity index (χ0) is 33.1. The van der Waals surface area contributed by atoms with Gasteiger partial charge in [-0.05, 0) is 68.4 Å². The van der Waals surface area contributed by atoms with Crippen LogP contribution in [0.2, 0.25) is 0 Å². The first kappa shape index (κ1) is 34.9. The Labute approximate surface area is 272 Å². The number of aliphatic hydroxyl groups excluding tert-OH is 1. The lowest BCUT2D eigenvalue weighted by Crippen LogP contribution is -2.49. The summed E-state index contributed by atoms with van der Waals surface area (Å²) in [6.45, 7) is 2.41. The number of rotatable bonds is 16. The highest BCUT2D eigenvalue weighted by molar-refractivity contribution is 7.92. The van der Waals surface area contributed by atoms with Gasteiger partial charge < -0.3 is 26.8 Å². The van der Waals surface area contributed by atoms with Crippen LogP contribution in [0.5, 0.6) is 0 Å². The van der Waals surface area contributed by atoms with Crippen LogP contribution in [0.1, 0.15) is 61.4 Å². The first-order chi connectivity index (χ1) is 22.0. The number of carbonyl (C=O) groups excluding carboxylic acids is 2. The highest BCUT2D eigenvalue weighted by Gasteiger charge is 2.28. The smallest absolute Gasteiger partial charge is 0.250 e. The molecule has 3 aromatic carbocycles. The van der Waals surface area contributed by atoms with Crippen molar-refractivity contribution >= 4 is 38.9 Å². The highest BCUT2D eigenvalue weighted by Crippen LogP contribution is 2.37. The molecule has 2 amide bonds. The Balaban J connectivity index is 1.49. The summed E-state index contributed by atoms with van der Waals surface area (Å²) in [6, 6.07) is 23.0. The summed E-state index contributed by atoms with van der Waals surface area (Å²) in [5, 5.41) is 21.0. The Bertz CT molecular complexity index is 1530. The third-order valence-corrected chi connectivity index (χ3v) is 9.58. The summed E-state index contributed by atoms with van der Waals surface area (Å²) < 4.78 is 27.3. The molecule has 0 saturated heterocycles. The van der Waals surface area contributed by atoms with E-state index in [9.17, 15) is 23.1 Å². The summed E-state index contributed by atoms with van der Waals surface area (Å²) in [5.41, 5.74) is 7.78. The van der Waals surface area contributed by atoms with Crippen LogP contribution in [0.15, 0.2) is 78.9 Å². The maximum atomic E-state index is 13.1. The maximum Gasteiger partial charge on any atom is 0.250 e. The maximum absolute atomic E-state index is 13.1. The molecule has 46 heavy (non-hydrogen) atoms. The highest BCUT2D eigenvalue weighted by atomic mass is 32.2. The van der Waals surface area contributed by atoms with Gasteiger partial charge in [-0.2, -0.15) is 0 Å². The molecule has 0 aromatic heterocycles. The minimum atomic E-state index is -3.87. The Morgan fingerprint density at radius 2 is 1.61 bits per heavy atom. The summed E-state index contributed by atoms with van der Waals surface area (Å²) in [6.07, 6.45) is 6.92. The molecule has 1 aliphatic rings. The Morgan fingerprint density at radius 1 is 0.957 bits per heavy atom. The predicted molar refractivity (Wildman–Crippen MR) is 184 cm³/mol. The van der Waals surface area contributed by atoms with Crippen LogP contribution < -0.4 is 26.0 Å². The van der Waals surface area contributed by atoms with Crippen molar-refractivity contribution in [3.05, 3.63) is 90.0 Å². The zero-order valence-corrected chi connectivity index (χ0v) is 27.5. The topological polar surface area (TPSA) is 154 Å². The number of sulfonamides is 1. The van der Waals surface area contributed by atoms with Gasteiger partial charge in [0.15, 0.2) is 0 Å². The standard InChI is InChI=1S/C35H47N5O5S/c1-25(35(43)39-28-15-8-4-9-16-28)38-24-32(41)27(23-26-13-6-3-7-14-26)21-22-37-31-20-12-19-30(34(36)42)33(31)40(46(2,44)45)29-17-10-5-11-18-29/h3,5-7,10-14,17-20,25,27-28,32,37-38,41H,4,8-9,15-16,21-24H2,1-2H3,(H2,36,42)(H,39,43)/t25-,27+,32-/m0/s1. The average Bonchev–Trinajstić information content (AvgIpc) is 3.04. The molecule has 3 atom stereocenters. The molecule has 0 heterocycles. The minimum absolute atomic E-state index is 0.0592. The predicted octanol–water partition coefficient (Wildman–Crippen LogP) is 4.33. The normalized spacial score (nSPS) is 15.8. The second-order valence-corrected chi connectivity index (χ2v) is 14.0. The molecule has 1 saturated carbocycles. The molecular weight excluding hydrogens is 602 g/mol. The number of para-hydroxylation sites is 2. The molecule has 3 aromatic rings. The van der Waals surface area contributed by atoms with Crippen molar-refractivity contribution in [2.75, 3.05) is 29.0 Å². The quantitative estimate of drug-likeness (QED) is 0.155. The number of nitrogens with zero attached hydrogens (tertiary/aromatic N) is 1. The number of aliphatic hydroxyl groups is 1. The number of nitrogens with two attached hydrogens (primary N) is 1. The molecule has 0 spiro atoms. The number of hydrogen-bond acceptors (Lipinski definition) is 7. The second-order valence-electron chi connectivity index (χ2n) is 12.1. The lowest BCUT2D eigenvalue weighted by molar-refractivity contribution is -0.123. The van der Waals surface area contributed by atoms with E-state index in [2.05, 4.69) is 16.0 Å². The fraction of sp³-hybridized carbons (Fsp3) is 0.429. The van der Waals surface area contributed by atoms with Crippen molar-refractivity contribution in [3.8, 4) is 0 Å². The largest absolute Gasteiger partial charge is 0.392 e. The van der Waals surface area contributed by atoms with Gasteiger partial charge in [-0.3, -0.25) is 9.59 Å². The van der Waals surface area contributed by atoms with Gasteiger partial charge in [0.1, 0.15) is 0 Å². The van der Waals surface area contributed by atoms with Crippen LogP contribution >= 0.6 is 0 Å². The molecule has 248 valence electrons. The van der Waals surface area contributed by atoms with E-state index in [4.69, 9.17) is 5.73 Å². The molecule has 0 radical (unpaired) electrons. The first-order valence-electron chi connectivity index (χ1n) is 16.0. The van der Waals surface area contributed by atoms with Crippen LogP contribution in [-0.4, -0.2) is 62.9 Å². The SMILES string of the molecule is C[C@H](NC[C@H](O)[C@H](CCNc1cccc(C(N)=O)c1N(c1ccccc1)S(C)(=O)=O)Cc1ccccc1)C(=O)NC1CCCCC1. The van der Waals surface area contributed by atoms with Gasteiger partial charge in [-0.15, -0.1) is 0 Å². The third-order valence-electron chi connectivity index (χ3n) is 8.52. The van der Waals surface area contributed by atoms with Crippen LogP contribution in [0.25, 0.3) is 0 Å². The number of amides is 2. The summed E-state index contributed by atoms with van der Waals surface area (Å²) in [5.74, 6) is -1.01. The average molecular weight is 650 g/mol.